The SMILES string of the molecule is N#Cc1cc([C@H]2CCCN2)cc2c1OCC2. The van der Waals surface area contributed by atoms with Gasteiger partial charge in [-0.15, -0.1) is 0 Å². The number of benzene rings is 1. The zero-order valence-corrected chi connectivity index (χ0v) is 9.12. The molecule has 0 saturated carbocycles. The molecule has 82 valence electrons. The van der Waals surface area contributed by atoms with Crippen LogP contribution in [0, 0.1) is 11.3 Å². The summed E-state index contributed by atoms with van der Waals surface area (Å²) in [6, 6.07) is 6.85. The van der Waals surface area contributed by atoms with Gasteiger partial charge < -0.3 is 10.1 Å². The molecule has 0 bridgehead atoms. The number of hydrogen-bond donors (Lipinski definition) is 1. The normalized spacial score (nSPS) is 22.6. The fraction of sp³-hybridized carbons (Fsp3) is 0.462. The standard InChI is InChI=1S/C13H14N2O/c14-8-11-7-10(12-2-1-4-15-12)6-9-3-5-16-13(9)11/h6-7,12,15H,1-5H2/t12-/m1/s1. The van der Waals surface area contributed by atoms with E-state index in [0.717, 1.165) is 18.7 Å². The number of fused-ring (bicyclic) bond motifs is 1. The molecule has 1 N–H and O–H groups in total. The Morgan fingerprint density at radius 3 is 3.12 bits per heavy atom. The Morgan fingerprint density at radius 2 is 2.38 bits per heavy atom. The number of nitrogens with zero attached hydrogens (tertiary/aromatic N) is 1. The van der Waals surface area contributed by atoms with Gasteiger partial charge in [-0.1, -0.05) is 6.07 Å². The minimum absolute atomic E-state index is 0.429. The van der Waals surface area contributed by atoms with Gasteiger partial charge in [-0.05, 0) is 36.6 Å². The van der Waals surface area contributed by atoms with Crippen molar-refractivity contribution in [1.82, 2.24) is 5.32 Å². The smallest absolute Gasteiger partial charge is 0.140 e. The van der Waals surface area contributed by atoms with E-state index >= 15 is 0 Å². The van der Waals surface area contributed by atoms with Crippen molar-refractivity contribution in [2.45, 2.75) is 25.3 Å². The van der Waals surface area contributed by atoms with Crippen LogP contribution < -0.4 is 10.1 Å². The number of ether oxygens (including phenoxy) is 1. The van der Waals surface area contributed by atoms with Crippen molar-refractivity contribution < 1.29 is 4.74 Å². The minimum Gasteiger partial charge on any atom is -0.492 e. The molecule has 2 aliphatic heterocycles. The fourth-order valence-electron chi connectivity index (χ4n) is 2.59. The summed E-state index contributed by atoms with van der Waals surface area (Å²) in [5, 5.41) is 12.6. The summed E-state index contributed by atoms with van der Waals surface area (Å²) in [5.74, 6) is 0.809. The number of rotatable bonds is 1. The maximum Gasteiger partial charge on any atom is 0.140 e. The molecule has 0 radical (unpaired) electrons. The first kappa shape index (κ1) is 9.68. The van der Waals surface area contributed by atoms with Crippen molar-refractivity contribution in [2.24, 2.45) is 0 Å². The first-order chi connectivity index (χ1) is 7.88. The highest BCUT2D eigenvalue weighted by Gasteiger charge is 2.22. The molecule has 3 nitrogen and oxygen atoms in total. The van der Waals surface area contributed by atoms with E-state index in [-0.39, 0.29) is 0 Å². The van der Waals surface area contributed by atoms with Gasteiger partial charge >= 0.3 is 0 Å². The van der Waals surface area contributed by atoms with E-state index in [9.17, 15) is 0 Å². The van der Waals surface area contributed by atoms with E-state index in [1.165, 1.54) is 24.0 Å². The van der Waals surface area contributed by atoms with Crippen LogP contribution in [0.25, 0.3) is 0 Å². The Hall–Kier alpha value is -1.53. The Morgan fingerprint density at radius 1 is 1.44 bits per heavy atom. The molecule has 3 rings (SSSR count). The van der Waals surface area contributed by atoms with E-state index in [1.807, 2.05) is 6.07 Å². The summed E-state index contributed by atoms with van der Waals surface area (Å²) in [5.41, 5.74) is 3.14. The molecular formula is C13H14N2O. The van der Waals surface area contributed by atoms with Crippen LogP contribution in [0.4, 0.5) is 0 Å². The molecule has 0 spiro atoms. The average Bonchev–Trinajstić information content (AvgIpc) is 2.97. The lowest BCUT2D eigenvalue weighted by molar-refractivity contribution is 0.356. The molecule has 2 aliphatic rings. The van der Waals surface area contributed by atoms with Gasteiger partial charge in [0, 0.05) is 12.5 Å². The predicted molar refractivity (Wildman–Crippen MR) is 60.3 cm³/mol. The van der Waals surface area contributed by atoms with Crippen molar-refractivity contribution in [1.29, 1.82) is 5.26 Å². The topological polar surface area (TPSA) is 45.0 Å². The third kappa shape index (κ3) is 1.46. The zero-order chi connectivity index (χ0) is 11.0. The van der Waals surface area contributed by atoms with Crippen LogP contribution >= 0.6 is 0 Å². The molecule has 2 heterocycles. The number of nitrogens with one attached hydrogen (secondary N) is 1. The van der Waals surface area contributed by atoms with Gasteiger partial charge in [0.1, 0.15) is 11.8 Å². The van der Waals surface area contributed by atoms with E-state index in [2.05, 4.69) is 17.5 Å². The van der Waals surface area contributed by atoms with Crippen molar-refractivity contribution in [3.8, 4) is 11.8 Å². The molecule has 16 heavy (non-hydrogen) atoms. The van der Waals surface area contributed by atoms with Gasteiger partial charge in [0.2, 0.25) is 0 Å². The van der Waals surface area contributed by atoms with E-state index in [0.29, 0.717) is 18.2 Å². The van der Waals surface area contributed by atoms with Crippen LogP contribution in [0.2, 0.25) is 0 Å². The highest BCUT2D eigenvalue weighted by molar-refractivity contribution is 5.53. The Balaban J connectivity index is 2.04. The monoisotopic (exact) mass is 214 g/mol. The second kappa shape index (κ2) is 3.80. The van der Waals surface area contributed by atoms with Crippen LogP contribution in [0.15, 0.2) is 12.1 Å². The summed E-state index contributed by atoms with van der Waals surface area (Å²) >= 11 is 0. The van der Waals surface area contributed by atoms with Gasteiger partial charge in [-0.25, -0.2) is 0 Å². The second-order valence-corrected chi connectivity index (χ2v) is 4.42. The van der Waals surface area contributed by atoms with E-state index in [4.69, 9.17) is 10.00 Å². The molecule has 1 saturated heterocycles. The van der Waals surface area contributed by atoms with E-state index < -0.39 is 0 Å². The van der Waals surface area contributed by atoms with Crippen molar-refractivity contribution in [3.05, 3.63) is 28.8 Å². The van der Waals surface area contributed by atoms with Crippen molar-refractivity contribution >= 4 is 0 Å². The highest BCUT2D eigenvalue weighted by Crippen LogP contribution is 2.34. The summed E-state index contributed by atoms with van der Waals surface area (Å²) in [7, 11) is 0. The van der Waals surface area contributed by atoms with Crippen LogP contribution in [0.1, 0.15) is 35.6 Å². The third-order valence-corrected chi connectivity index (χ3v) is 3.39. The quantitative estimate of drug-likeness (QED) is 0.776. The molecule has 1 atom stereocenters. The molecule has 0 amide bonds. The van der Waals surface area contributed by atoms with Crippen LogP contribution in [-0.4, -0.2) is 13.2 Å². The number of hydrogen-bond acceptors (Lipinski definition) is 3. The summed E-state index contributed by atoms with van der Waals surface area (Å²) in [4.78, 5) is 0. The maximum absolute atomic E-state index is 9.12. The zero-order valence-electron chi connectivity index (χ0n) is 9.12. The average molecular weight is 214 g/mol. The summed E-state index contributed by atoms with van der Waals surface area (Å²) in [6.45, 7) is 1.80. The van der Waals surface area contributed by atoms with Crippen molar-refractivity contribution in [2.75, 3.05) is 13.2 Å². The first-order valence-corrected chi connectivity index (χ1v) is 5.81. The lowest BCUT2D eigenvalue weighted by Crippen LogP contribution is -2.13. The third-order valence-electron chi connectivity index (χ3n) is 3.39. The van der Waals surface area contributed by atoms with Crippen LogP contribution in [0.3, 0.4) is 0 Å². The second-order valence-electron chi connectivity index (χ2n) is 4.42. The highest BCUT2D eigenvalue weighted by atomic mass is 16.5. The van der Waals surface area contributed by atoms with Crippen LogP contribution in [0.5, 0.6) is 5.75 Å². The summed E-state index contributed by atoms with van der Waals surface area (Å²) in [6.07, 6.45) is 3.33. The van der Waals surface area contributed by atoms with Gasteiger partial charge in [0.25, 0.3) is 0 Å². The fourth-order valence-corrected chi connectivity index (χ4v) is 2.59. The number of nitriles is 1. The van der Waals surface area contributed by atoms with E-state index in [1.54, 1.807) is 0 Å². The van der Waals surface area contributed by atoms with Gasteiger partial charge in [-0.3, -0.25) is 0 Å². The molecule has 1 aromatic rings. The van der Waals surface area contributed by atoms with Crippen LogP contribution in [-0.2, 0) is 6.42 Å². The molecular weight excluding hydrogens is 200 g/mol. The minimum atomic E-state index is 0.429. The molecule has 0 aromatic heterocycles. The Bertz CT molecular complexity index is 456. The molecule has 1 aromatic carbocycles. The van der Waals surface area contributed by atoms with Gasteiger partial charge in [-0.2, -0.15) is 5.26 Å². The first-order valence-electron chi connectivity index (χ1n) is 5.81. The summed E-state index contributed by atoms with van der Waals surface area (Å²) < 4.78 is 5.50. The largest absolute Gasteiger partial charge is 0.492 e. The van der Waals surface area contributed by atoms with Gasteiger partial charge in [0.05, 0.1) is 12.2 Å². The molecule has 1 fully saturated rings. The Labute approximate surface area is 95.0 Å². The molecule has 0 unspecified atom stereocenters. The Kier molecular flexibility index (Phi) is 2.30. The molecule has 0 aliphatic carbocycles. The molecule has 3 heteroatoms. The maximum atomic E-state index is 9.12. The lowest BCUT2D eigenvalue weighted by Gasteiger charge is -2.12. The van der Waals surface area contributed by atoms with Gasteiger partial charge in [0.15, 0.2) is 0 Å². The van der Waals surface area contributed by atoms with Crippen molar-refractivity contribution in [3.63, 3.8) is 0 Å². The predicted octanol–water partition coefficient (Wildman–Crippen LogP) is 1.92. The lowest BCUT2D eigenvalue weighted by atomic mass is 9.98.